The zero-order valence-electron chi connectivity index (χ0n) is 14.3. The molecule has 2 aromatic heterocycles. The van der Waals surface area contributed by atoms with Gasteiger partial charge >= 0.3 is 0 Å². The van der Waals surface area contributed by atoms with Crippen molar-refractivity contribution in [3.8, 4) is 5.75 Å². The fourth-order valence-electron chi connectivity index (χ4n) is 3.00. The van der Waals surface area contributed by atoms with Crippen molar-refractivity contribution in [2.75, 3.05) is 5.32 Å². The van der Waals surface area contributed by atoms with Crippen molar-refractivity contribution in [1.29, 1.82) is 0 Å². The third kappa shape index (κ3) is 3.44. The second-order valence-corrected chi connectivity index (χ2v) is 6.99. The molecule has 136 valence electrons. The van der Waals surface area contributed by atoms with Crippen LogP contribution in [-0.2, 0) is 0 Å². The van der Waals surface area contributed by atoms with E-state index in [9.17, 15) is 5.11 Å². The van der Waals surface area contributed by atoms with E-state index in [0.717, 1.165) is 5.56 Å². The highest BCUT2D eigenvalue weighted by atomic mass is 35.5. The first-order valence-corrected chi connectivity index (χ1v) is 9.00. The van der Waals surface area contributed by atoms with Crippen molar-refractivity contribution >= 4 is 39.9 Å². The van der Waals surface area contributed by atoms with Crippen LogP contribution in [0, 0.1) is 6.92 Å². The van der Waals surface area contributed by atoms with E-state index in [0.29, 0.717) is 38.1 Å². The number of benzene rings is 2. The fraction of sp³-hybridized carbons (Fsp3) is 0.100. The van der Waals surface area contributed by atoms with Crippen LogP contribution in [0.5, 0.6) is 5.75 Å². The molecule has 0 amide bonds. The molecule has 0 saturated heterocycles. The molecule has 2 N–H and O–H groups in total. The zero-order valence-corrected chi connectivity index (χ0v) is 15.8. The number of phenolic OH excluding ortho intramolecular Hbond substituents is 1. The van der Waals surface area contributed by atoms with Gasteiger partial charge in [0.2, 0.25) is 0 Å². The lowest BCUT2D eigenvalue weighted by Gasteiger charge is -2.21. The molecule has 4 aromatic rings. The van der Waals surface area contributed by atoms with E-state index in [4.69, 9.17) is 27.7 Å². The molecule has 0 aliphatic heterocycles. The number of hydrogen-bond acceptors (Lipinski definition) is 5. The van der Waals surface area contributed by atoms with Crippen LogP contribution in [-0.4, -0.2) is 15.2 Å². The van der Waals surface area contributed by atoms with Gasteiger partial charge in [0.25, 0.3) is 0 Å². The lowest BCUT2D eigenvalue weighted by atomic mass is 9.96. The number of nitrogens with zero attached hydrogens (tertiary/aromatic N) is 2. The summed E-state index contributed by atoms with van der Waals surface area (Å²) < 4.78 is 5.15. The molecule has 4 rings (SSSR count). The predicted molar refractivity (Wildman–Crippen MR) is 107 cm³/mol. The van der Waals surface area contributed by atoms with E-state index in [-0.39, 0.29) is 5.75 Å². The summed E-state index contributed by atoms with van der Waals surface area (Å²) in [5.74, 6) is 1.28. The van der Waals surface area contributed by atoms with Crippen molar-refractivity contribution in [3.05, 3.63) is 81.7 Å². The number of rotatable bonds is 4. The smallest absolute Gasteiger partial charge is 0.170 e. The maximum Gasteiger partial charge on any atom is 0.170 e. The average molecular weight is 400 g/mol. The van der Waals surface area contributed by atoms with Crippen molar-refractivity contribution in [2.45, 2.75) is 13.0 Å². The number of aromatic hydroxyl groups is 1. The molecular formula is C20H15Cl2N3O2. The highest BCUT2D eigenvalue weighted by Crippen LogP contribution is 2.39. The maximum atomic E-state index is 10.9. The number of aromatic nitrogens is 2. The van der Waals surface area contributed by atoms with Crippen LogP contribution in [0.15, 0.2) is 59.3 Å². The fourth-order valence-corrected chi connectivity index (χ4v) is 3.40. The Hall–Kier alpha value is -2.76. The minimum absolute atomic E-state index is 0.0580. The summed E-state index contributed by atoms with van der Waals surface area (Å²) >= 11 is 12.5. The second-order valence-electron chi connectivity index (χ2n) is 6.15. The number of fused-ring (bicyclic) bond motifs is 1. The Morgan fingerprint density at radius 1 is 1.11 bits per heavy atom. The van der Waals surface area contributed by atoms with E-state index in [1.807, 2.05) is 25.1 Å². The van der Waals surface area contributed by atoms with E-state index in [2.05, 4.69) is 15.5 Å². The van der Waals surface area contributed by atoms with Crippen LogP contribution in [0.2, 0.25) is 10.0 Å². The number of halogens is 2. The Morgan fingerprint density at radius 3 is 2.59 bits per heavy atom. The summed E-state index contributed by atoms with van der Waals surface area (Å²) in [7, 11) is 0. The first-order valence-electron chi connectivity index (χ1n) is 8.24. The maximum absolute atomic E-state index is 10.9. The summed E-state index contributed by atoms with van der Waals surface area (Å²) in [6.07, 6.45) is 1.62. The van der Waals surface area contributed by atoms with E-state index < -0.39 is 6.04 Å². The van der Waals surface area contributed by atoms with E-state index in [1.54, 1.807) is 36.5 Å². The molecule has 0 aliphatic rings. The third-order valence-electron chi connectivity index (χ3n) is 4.28. The average Bonchev–Trinajstić information content (AvgIpc) is 3.09. The minimum atomic E-state index is -0.435. The van der Waals surface area contributed by atoms with Gasteiger partial charge in [0.05, 0.1) is 11.1 Å². The zero-order chi connectivity index (χ0) is 19.0. The first kappa shape index (κ1) is 17.6. The van der Waals surface area contributed by atoms with Crippen LogP contribution in [0.25, 0.3) is 10.9 Å². The highest BCUT2D eigenvalue weighted by molar-refractivity contribution is 6.35. The lowest BCUT2D eigenvalue weighted by molar-refractivity contribution is 0.399. The van der Waals surface area contributed by atoms with Gasteiger partial charge in [-0.2, -0.15) is 0 Å². The minimum Gasteiger partial charge on any atom is -0.505 e. The Bertz CT molecular complexity index is 1110. The standard InChI is InChI=1S/C20H15Cl2N3O2/c1-11-9-17(25-27-11)24-18(12-4-6-13(21)7-5-12)15-10-16(22)14-3-2-8-23-19(14)20(15)26/h2-10,18,26H,1H3,(H,24,25). The number of phenols is 1. The molecule has 0 spiro atoms. The number of anilines is 1. The van der Waals surface area contributed by atoms with Gasteiger partial charge in [-0.15, -0.1) is 0 Å². The summed E-state index contributed by atoms with van der Waals surface area (Å²) in [4.78, 5) is 4.29. The molecular weight excluding hydrogens is 385 g/mol. The molecule has 2 aromatic carbocycles. The quantitative estimate of drug-likeness (QED) is 0.457. The van der Waals surface area contributed by atoms with Gasteiger partial charge in [0.1, 0.15) is 17.0 Å². The van der Waals surface area contributed by atoms with Crippen molar-refractivity contribution in [2.24, 2.45) is 0 Å². The summed E-state index contributed by atoms with van der Waals surface area (Å²) in [5.41, 5.74) is 1.90. The van der Waals surface area contributed by atoms with Gasteiger partial charge in [0, 0.05) is 28.2 Å². The lowest BCUT2D eigenvalue weighted by Crippen LogP contribution is -2.13. The predicted octanol–water partition coefficient (Wildman–Crippen LogP) is 5.75. The molecule has 7 heteroatoms. The van der Waals surface area contributed by atoms with Crippen molar-refractivity contribution < 1.29 is 9.63 Å². The largest absolute Gasteiger partial charge is 0.505 e. The molecule has 0 saturated carbocycles. The molecule has 1 unspecified atom stereocenters. The Kier molecular flexibility index (Phi) is 4.64. The molecule has 0 aliphatic carbocycles. The topological polar surface area (TPSA) is 71.2 Å². The molecule has 2 heterocycles. The number of nitrogens with one attached hydrogen (secondary N) is 1. The third-order valence-corrected chi connectivity index (χ3v) is 4.84. The Morgan fingerprint density at radius 2 is 1.89 bits per heavy atom. The number of hydrogen-bond donors (Lipinski definition) is 2. The SMILES string of the molecule is Cc1cc(NC(c2ccc(Cl)cc2)c2cc(Cl)c3cccnc3c2O)no1. The molecule has 5 nitrogen and oxygen atoms in total. The summed E-state index contributed by atoms with van der Waals surface area (Å²) in [5, 5.41) is 20.0. The van der Waals surface area contributed by atoms with Crippen LogP contribution in [0.1, 0.15) is 22.9 Å². The van der Waals surface area contributed by atoms with Gasteiger partial charge < -0.3 is 14.9 Å². The van der Waals surface area contributed by atoms with Gasteiger partial charge in [-0.1, -0.05) is 40.5 Å². The number of pyridine rings is 1. The van der Waals surface area contributed by atoms with Gasteiger partial charge in [-0.25, -0.2) is 0 Å². The molecule has 0 fully saturated rings. The van der Waals surface area contributed by atoms with Crippen LogP contribution >= 0.6 is 23.2 Å². The summed E-state index contributed by atoms with van der Waals surface area (Å²) in [6.45, 7) is 1.81. The summed E-state index contributed by atoms with van der Waals surface area (Å²) in [6, 6.07) is 14.0. The van der Waals surface area contributed by atoms with Gasteiger partial charge in [-0.3, -0.25) is 4.98 Å². The second kappa shape index (κ2) is 7.10. The van der Waals surface area contributed by atoms with Crippen molar-refractivity contribution in [3.63, 3.8) is 0 Å². The normalized spacial score (nSPS) is 12.3. The molecule has 27 heavy (non-hydrogen) atoms. The number of aryl methyl sites for hydroxylation is 1. The Labute approximate surface area is 165 Å². The van der Waals surface area contributed by atoms with Gasteiger partial charge in [0.15, 0.2) is 5.82 Å². The van der Waals surface area contributed by atoms with E-state index >= 15 is 0 Å². The monoisotopic (exact) mass is 399 g/mol. The first-order chi connectivity index (χ1) is 13.0. The van der Waals surface area contributed by atoms with Gasteiger partial charge in [-0.05, 0) is 42.8 Å². The highest BCUT2D eigenvalue weighted by Gasteiger charge is 2.22. The van der Waals surface area contributed by atoms with Crippen LogP contribution in [0.3, 0.4) is 0 Å². The molecule has 0 radical (unpaired) electrons. The Balaban J connectivity index is 1.88. The van der Waals surface area contributed by atoms with E-state index in [1.165, 1.54) is 0 Å². The molecule has 0 bridgehead atoms. The van der Waals surface area contributed by atoms with Crippen molar-refractivity contribution in [1.82, 2.24) is 10.1 Å². The van der Waals surface area contributed by atoms with Crippen LogP contribution in [0.4, 0.5) is 5.82 Å². The van der Waals surface area contributed by atoms with Crippen LogP contribution < -0.4 is 5.32 Å². The molecule has 1 atom stereocenters.